The normalized spacial score (nSPS) is 11.1. The molecule has 0 aliphatic carbocycles. The van der Waals surface area contributed by atoms with Crippen molar-refractivity contribution in [2.75, 3.05) is 13.1 Å². The van der Waals surface area contributed by atoms with Gasteiger partial charge in [0.15, 0.2) is 0 Å². The molecule has 0 unspecified atom stereocenters. The second-order valence-corrected chi connectivity index (χ2v) is 5.55. The minimum Gasteiger partial charge on any atom is -0.481 e. The summed E-state index contributed by atoms with van der Waals surface area (Å²) in [5.74, 6) is -0.419. The number of carboxylic acids is 1. The molecule has 1 amide bonds. The molecule has 120 valence electrons. The fraction of sp³-hybridized carbons (Fsp3) is 0.444. The topological polar surface area (TPSA) is 57.6 Å². The van der Waals surface area contributed by atoms with Crippen LogP contribution in [-0.4, -0.2) is 35.0 Å². The molecular formula is C18H25NO3. The van der Waals surface area contributed by atoms with E-state index < -0.39 is 5.97 Å². The molecule has 0 fully saturated rings. The maximum atomic E-state index is 12.0. The number of rotatable bonds is 8. The minimum atomic E-state index is -0.882. The van der Waals surface area contributed by atoms with Crippen LogP contribution in [0.2, 0.25) is 0 Å². The summed E-state index contributed by atoms with van der Waals surface area (Å²) in [5, 5.41) is 8.67. The van der Waals surface area contributed by atoms with Crippen molar-refractivity contribution < 1.29 is 14.7 Å². The molecule has 1 aromatic carbocycles. The summed E-state index contributed by atoms with van der Waals surface area (Å²) in [7, 11) is 0. The van der Waals surface area contributed by atoms with E-state index >= 15 is 0 Å². The van der Waals surface area contributed by atoms with E-state index in [2.05, 4.69) is 26.0 Å². The number of hydrogen-bond donors (Lipinski definition) is 1. The van der Waals surface area contributed by atoms with Crippen LogP contribution in [0.1, 0.15) is 50.7 Å². The number of hydrogen-bond acceptors (Lipinski definition) is 2. The maximum Gasteiger partial charge on any atom is 0.305 e. The van der Waals surface area contributed by atoms with Gasteiger partial charge in [0.1, 0.15) is 0 Å². The predicted molar refractivity (Wildman–Crippen MR) is 88.7 cm³/mol. The van der Waals surface area contributed by atoms with Crippen molar-refractivity contribution >= 4 is 18.0 Å². The Hall–Kier alpha value is -2.10. The van der Waals surface area contributed by atoms with E-state index in [1.807, 2.05) is 31.2 Å². The molecule has 0 atom stereocenters. The molecule has 1 rings (SSSR count). The Morgan fingerprint density at radius 3 is 2.36 bits per heavy atom. The standard InChI is InChI=1S/C18H25NO3/c1-4-19(13-12-18(21)22)17(20)7-5-6-15-8-10-16(11-9-15)14(2)3/h5-6,8-11,14H,4,7,12-13H2,1-3H3,(H,21,22)/b6-5+. The summed E-state index contributed by atoms with van der Waals surface area (Å²) >= 11 is 0. The van der Waals surface area contributed by atoms with Crippen LogP contribution in [0.4, 0.5) is 0 Å². The molecule has 0 saturated heterocycles. The molecule has 0 heterocycles. The van der Waals surface area contributed by atoms with E-state index in [0.717, 1.165) is 5.56 Å². The molecule has 1 N–H and O–H groups in total. The van der Waals surface area contributed by atoms with Crippen molar-refractivity contribution in [1.29, 1.82) is 0 Å². The van der Waals surface area contributed by atoms with Gasteiger partial charge in [-0.25, -0.2) is 0 Å². The number of carboxylic acid groups (broad SMARTS) is 1. The van der Waals surface area contributed by atoms with Crippen LogP contribution in [-0.2, 0) is 9.59 Å². The van der Waals surface area contributed by atoms with Gasteiger partial charge in [-0.15, -0.1) is 0 Å². The molecular weight excluding hydrogens is 278 g/mol. The summed E-state index contributed by atoms with van der Waals surface area (Å²) in [6, 6.07) is 8.27. The second kappa shape index (κ2) is 9.03. The highest BCUT2D eigenvalue weighted by Gasteiger charge is 2.11. The first-order chi connectivity index (χ1) is 10.4. The molecule has 0 aromatic heterocycles. The van der Waals surface area contributed by atoms with Crippen LogP contribution in [0.25, 0.3) is 6.08 Å². The SMILES string of the molecule is CCN(CCC(=O)O)C(=O)C/C=C/c1ccc(C(C)C)cc1. The van der Waals surface area contributed by atoms with Gasteiger partial charge in [0.2, 0.25) is 5.91 Å². The van der Waals surface area contributed by atoms with Crippen LogP contribution in [0.3, 0.4) is 0 Å². The van der Waals surface area contributed by atoms with Gasteiger partial charge in [-0.2, -0.15) is 0 Å². The van der Waals surface area contributed by atoms with E-state index in [9.17, 15) is 9.59 Å². The van der Waals surface area contributed by atoms with Crippen LogP contribution < -0.4 is 0 Å². The summed E-state index contributed by atoms with van der Waals surface area (Å²) < 4.78 is 0. The Morgan fingerprint density at radius 2 is 1.86 bits per heavy atom. The van der Waals surface area contributed by atoms with Gasteiger partial charge in [-0.3, -0.25) is 9.59 Å². The third-order valence-electron chi connectivity index (χ3n) is 3.54. The van der Waals surface area contributed by atoms with Gasteiger partial charge >= 0.3 is 5.97 Å². The number of nitrogens with zero attached hydrogens (tertiary/aromatic N) is 1. The average Bonchev–Trinajstić information content (AvgIpc) is 2.48. The van der Waals surface area contributed by atoms with E-state index in [4.69, 9.17) is 5.11 Å². The highest BCUT2D eigenvalue weighted by Crippen LogP contribution is 2.15. The molecule has 0 spiro atoms. The van der Waals surface area contributed by atoms with Crippen LogP contribution in [0, 0.1) is 0 Å². The molecule has 0 radical (unpaired) electrons. The zero-order valence-corrected chi connectivity index (χ0v) is 13.6. The summed E-state index contributed by atoms with van der Waals surface area (Å²) in [4.78, 5) is 24.1. The van der Waals surface area contributed by atoms with Crippen molar-refractivity contribution in [3.05, 3.63) is 41.5 Å². The van der Waals surface area contributed by atoms with Crippen molar-refractivity contribution in [3.8, 4) is 0 Å². The van der Waals surface area contributed by atoms with Crippen LogP contribution >= 0.6 is 0 Å². The molecule has 0 bridgehead atoms. The Labute approximate surface area is 132 Å². The molecule has 0 saturated carbocycles. The summed E-state index contributed by atoms with van der Waals surface area (Å²) in [6.45, 7) is 6.96. The summed E-state index contributed by atoms with van der Waals surface area (Å²) in [5.41, 5.74) is 2.35. The van der Waals surface area contributed by atoms with Gasteiger partial charge in [0.25, 0.3) is 0 Å². The maximum absolute atomic E-state index is 12.0. The molecule has 4 nitrogen and oxygen atoms in total. The van der Waals surface area contributed by atoms with E-state index in [1.54, 1.807) is 4.90 Å². The quantitative estimate of drug-likeness (QED) is 0.799. The first kappa shape index (κ1) is 18.0. The monoisotopic (exact) mass is 303 g/mol. The minimum absolute atomic E-state index is 0.0139. The second-order valence-electron chi connectivity index (χ2n) is 5.55. The van der Waals surface area contributed by atoms with Crippen LogP contribution in [0.15, 0.2) is 30.3 Å². The first-order valence-electron chi connectivity index (χ1n) is 7.70. The number of amides is 1. The Balaban J connectivity index is 2.52. The van der Waals surface area contributed by atoms with Gasteiger partial charge in [0, 0.05) is 19.5 Å². The average molecular weight is 303 g/mol. The van der Waals surface area contributed by atoms with Gasteiger partial charge in [0.05, 0.1) is 6.42 Å². The lowest BCUT2D eigenvalue weighted by molar-refractivity contribution is -0.138. The lowest BCUT2D eigenvalue weighted by Crippen LogP contribution is -2.32. The number of aliphatic carboxylic acids is 1. The molecule has 0 aliphatic heterocycles. The lowest BCUT2D eigenvalue weighted by Gasteiger charge is -2.19. The molecule has 0 aliphatic rings. The third kappa shape index (κ3) is 6.12. The van der Waals surface area contributed by atoms with Crippen molar-refractivity contribution in [2.45, 2.75) is 39.5 Å². The Kier molecular flexibility index (Phi) is 7.37. The number of carbonyl (C=O) groups is 2. The van der Waals surface area contributed by atoms with Crippen molar-refractivity contribution in [3.63, 3.8) is 0 Å². The number of carbonyl (C=O) groups excluding carboxylic acids is 1. The van der Waals surface area contributed by atoms with Gasteiger partial charge in [-0.1, -0.05) is 50.3 Å². The van der Waals surface area contributed by atoms with E-state index in [-0.39, 0.29) is 18.9 Å². The molecule has 1 aromatic rings. The van der Waals surface area contributed by atoms with Gasteiger partial charge in [-0.05, 0) is 24.0 Å². The highest BCUT2D eigenvalue weighted by atomic mass is 16.4. The zero-order chi connectivity index (χ0) is 16.5. The Bertz CT molecular complexity index is 518. The fourth-order valence-corrected chi connectivity index (χ4v) is 2.11. The van der Waals surface area contributed by atoms with Crippen LogP contribution in [0.5, 0.6) is 0 Å². The van der Waals surface area contributed by atoms with Gasteiger partial charge < -0.3 is 10.0 Å². The zero-order valence-electron chi connectivity index (χ0n) is 13.6. The fourth-order valence-electron chi connectivity index (χ4n) is 2.11. The smallest absolute Gasteiger partial charge is 0.305 e. The molecule has 22 heavy (non-hydrogen) atoms. The lowest BCUT2D eigenvalue weighted by atomic mass is 10.0. The van der Waals surface area contributed by atoms with E-state index in [1.165, 1.54) is 5.56 Å². The summed E-state index contributed by atoms with van der Waals surface area (Å²) in [6.07, 6.45) is 4.03. The molecule has 4 heteroatoms. The van der Waals surface area contributed by atoms with Crippen molar-refractivity contribution in [1.82, 2.24) is 4.90 Å². The number of benzene rings is 1. The highest BCUT2D eigenvalue weighted by molar-refractivity contribution is 5.79. The largest absolute Gasteiger partial charge is 0.481 e. The van der Waals surface area contributed by atoms with Crippen molar-refractivity contribution in [2.24, 2.45) is 0 Å². The van der Waals surface area contributed by atoms with E-state index in [0.29, 0.717) is 18.9 Å². The predicted octanol–water partition coefficient (Wildman–Crippen LogP) is 3.54. The third-order valence-corrected chi connectivity index (χ3v) is 3.54. The first-order valence-corrected chi connectivity index (χ1v) is 7.70. The Morgan fingerprint density at radius 1 is 1.23 bits per heavy atom.